The van der Waals surface area contributed by atoms with Crippen molar-refractivity contribution < 1.29 is 13.6 Å². The molecule has 8 heteroatoms. The zero-order chi connectivity index (χ0) is 18.4. The van der Waals surface area contributed by atoms with Gasteiger partial charge in [-0.1, -0.05) is 0 Å². The Labute approximate surface area is 146 Å². The maximum Gasteiger partial charge on any atom is 0.295 e. The number of nitrogens with zero attached hydrogens (tertiary/aromatic N) is 3. The number of anilines is 1. The van der Waals surface area contributed by atoms with Crippen LogP contribution in [0.15, 0.2) is 36.7 Å². The Kier molecular flexibility index (Phi) is 3.68. The number of imidazole rings is 1. The van der Waals surface area contributed by atoms with E-state index in [1.807, 2.05) is 13.0 Å². The van der Waals surface area contributed by atoms with Gasteiger partial charge in [0.15, 0.2) is 5.82 Å². The van der Waals surface area contributed by atoms with E-state index in [-0.39, 0.29) is 11.7 Å². The third-order valence-electron chi connectivity index (χ3n) is 4.48. The average molecular weight is 355 g/mol. The second kappa shape index (κ2) is 5.91. The SMILES string of the molecule is Cc1c(NC(=O)c2ccc3c(c2)nc(C(F)F)n3C)cnc2[nH]ccc12. The Morgan fingerprint density at radius 1 is 1.31 bits per heavy atom. The molecule has 3 heterocycles. The molecule has 0 aliphatic carbocycles. The number of nitrogens with one attached hydrogen (secondary N) is 2. The van der Waals surface area contributed by atoms with E-state index in [9.17, 15) is 13.6 Å². The van der Waals surface area contributed by atoms with Gasteiger partial charge in [0.1, 0.15) is 5.65 Å². The molecule has 2 N–H and O–H groups in total. The highest BCUT2D eigenvalue weighted by atomic mass is 19.3. The van der Waals surface area contributed by atoms with Gasteiger partial charge in [-0.15, -0.1) is 0 Å². The highest BCUT2D eigenvalue weighted by Crippen LogP contribution is 2.25. The van der Waals surface area contributed by atoms with Gasteiger partial charge in [-0.25, -0.2) is 18.7 Å². The summed E-state index contributed by atoms with van der Waals surface area (Å²) in [5.74, 6) is -0.675. The second-order valence-corrected chi connectivity index (χ2v) is 6.02. The van der Waals surface area contributed by atoms with Crippen molar-refractivity contribution in [3.8, 4) is 0 Å². The standard InChI is InChI=1S/C18H15F2N5O/c1-9-11-5-6-21-16(11)22-8-13(9)24-18(26)10-3-4-14-12(7-10)23-17(15(19)20)25(14)2/h3-8,15H,1-2H3,(H,21,22)(H,24,26). The molecule has 0 unspecified atom stereocenters. The first-order valence-corrected chi connectivity index (χ1v) is 7.94. The van der Waals surface area contributed by atoms with Crippen molar-refractivity contribution in [1.82, 2.24) is 19.5 Å². The van der Waals surface area contributed by atoms with Crippen LogP contribution in [0.3, 0.4) is 0 Å². The lowest BCUT2D eigenvalue weighted by atomic mass is 10.1. The minimum absolute atomic E-state index is 0.324. The van der Waals surface area contributed by atoms with E-state index in [0.29, 0.717) is 22.3 Å². The molecule has 1 aromatic carbocycles. The lowest BCUT2D eigenvalue weighted by molar-refractivity contribution is 0.102. The summed E-state index contributed by atoms with van der Waals surface area (Å²) in [5.41, 5.74) is 3.47. The highest BCUT2D eigenvalue weighted by molar-refractivity contribution is 6.07. The number of amides is 1. The monoisotopic (exact) mass is 355 g/mol. The summed E-state index contributed by atoms with van der Waals surface area (Å²) in [7, 11) is 1.53. The van der Waals surface area contributed by atoms with Gasteiger partial charge in [0, 0.05) is 24.2 Å². The molecule has 26 heavy (non-hydrogen) atoms. The highest BCUT2D eigenvalue weighted by Gasteiger charge is 2.18. The van der Waals surface area contributed by atoms with E-state index >= 15 is 0 Å². The predicted molar refractivity (Wildman–Crippen MR) is 94.5 cm³/mol. The number of alkyl halides is 2. The summed E-state index contributed by atoms with van der Waals surface area (Å²) in [6.45, 7) is 1.89. The number of aryl methyl sites for hydroxylation is 2. The molecule has 0 radical (unpaired) electrons. The van der Waals surface area contributed by atoms with Crippen molar-refractivity contribution in [2.24, 2.45) is 7.05 Å². The maximum absolute atomic E-state index is 13.0. The first-order chi connectivity index (χ1) is 12.5. The number of fused-ring (bicyclic) bond motifs is 2. The normalized spacial score (nSPS) is 11.6. The molecule has 0 fully saturated rings. The van der Waals surface area contributed by atoms with Crippen LogP contribution in [0.25, 0.3) is 22.1 Å². The topological polar surface area (TPSA) is 75.6 Å². The largest absolute Gasteiger partial charge is 0.346 e. The van der Waals surface area contributed by atoms with Crippen molar-refractivity contribution >= 4 is 33.7 Å². The number of aromatic amines is 1. The van der Waals surface area contributed by atoms with Gasteiger partial charge >= 0.3 is 0 Å². The van der Waals surface area contributed by atoms with Crippen LogP contribution in [-0.2, 0) is 7.05 Å². The van der Waals surface area contributed by atoms with E-state index in [1.54, 1.807) is 24.5 Å². The van der Waals surface area contributed by atoms with Crippen molar-refractivity contribution in [1.29, 1.82) is 0 Å². The summed E-state index contributed by atoms with van der Waals surface area (Å²) in [4.78, 5) is 23.8. The molecular weight excluding hydrogens is 340 g/mol. The Hall–Kier alpha value is -3.29. The van der Waals surface area contributed by atoms with E-state index in [0.717, 1.165) is 16.6 Å². The van der Waals surface area contributed by atoms with Gasteiger partial charge in [-0.05, 0) is 36.8 Å². The Balaban J connectivity index is 1.68. The molecule has 4 rings (SSSR count). The van der Waals surface area contributed by atoms with Gasteiger partial charge < -0.3 is 14.9 Å². The van der Waals surface area contributed by atoms with Crippen LogP contribution in [-0.4, -0.2) is 25.4 Å². The number of benzene rings is 1. The number of carbonyl (C=O) groups excluding carboxylic acids is 1. The van der Waals surface area contributed by atoms with E-state index < -0.39 is 6.43 Å². The third-order valence-corrected chi connectivity index (χ3v) is 4.48. The molecule has 0 aliphatic rings. The quantitative estimate of drug-likeness (QED) is 0.584. The first-order valence-electron chi connectivity index (χ1n) is 7.94. The van der Waals surface area contributed by atoms with Gasteiger partial charge in [-0.3, -0.25) is 4.79 Å². The molecule has 0 aliphatic heterocycles. The van der Waals surface area contributed by atoms with E-state index in [2.05, 4.69) is 20.3 Å². The molecule has 4 aromatic rings. The molecule has 1 amide bonds. The molecule has 6 nitrogen and oxygen atoms in total. The smallest absolute Gasteiger partial charge is 0.295 e. The molecule has 132 valence electrons. The number of rotatable bonds is 3. The molecule has 0 spiro atoms. The predicted octanol–water partition coefficient (Wildman–Crippen LogP) is 3.95. The van der Waals surface area contributed by atoms with Crippen LogP contribution in [0.5, 0.6) is 0 Å². The average Bonchev–Trinajstić information content (AvgIpc) is 3.22. The Morgan fingerprint density at radius 2 is 2.12 bits per heavy atom. The second-order valence-electron chi connectivity index (χ2n) is 6.02. The van der Waals surface area contributed by atoms with Crippen molar-refractivity contribution in [3.05, 3.63) is 53.6 Å². The minimum Gasteiger partial charge on any atom is -0.346 e. The summed E-state index contributed by atoms with van der Waals surface area (Å²) in [5, 5.41) is 3.74. The maximum atomic E-state index is 13.0. The zero-order valence-corrected chi connectivity index (χ0v) is 14.0. The van der Waals surface area contributed by atoms with Crippen molar-refractivity contribution in [2.75, 3.05) is 5.32 Å². The van der Waals surface area contributed by atoms with E-state index in [4.69, 9.17) is 0 Å². The number of H-pyrrole nitrogens is 1. The zero-order valence-electron chi connectivity index (χ0n) is 14.0. The fourth-order valence-electron chi connectivity index (χ4n) is 3.02. The van der Waals surface area contributed by atoms with Crippen LogP contribution < -0.4 is 5.32 Å². The van der Waals surface area contributed by atoms with Gasteiger partial charge in [0.2, 0.25) is 0 Å². The molecular formula is C18H15F2N5O. The molecule has 0 bridgehead atoms. The number of carbonyl (C=O) groups is 1. The number of halogens is 2. The summed E-state index contributed by atoms with van der Waals surface area (Å²) in [6.07, 6.45) is 0.693. The van der Waals surface area contributed by atoms with Gasteiger partial charge in [-0.2, -0.15) is 0 Å². The third kappa shape index (κ3) is 2.50. The molecule has 0 saturated carbocycles. The fourth-order valence-corrected chi connectivity index (χ4v) is 3.02. The van der Waals surface area contributed by atoms with E-state index in [1.165, 1.54) is 17.7 Å². The number of hydrogen-bond donors (Lipinski definition) is 2. The van der Waals surface area contributed by atoms with Crippen LogP contribution in [0.1, 0.15) is 28.2 Å². The van der Waals surface area contributed by atoms with Crippen LogP contribution in [0.2, 0.25) is 0 Å². The number of hydrogen-bond acceptors (Lipinski definition) is 3. The minimum atomic E-state index is -2.67. The fraction of sp³-hybridized carbons (Fsp3) is 0.167. The molecule has 0 atom stereocenters. The van der Waals surface area contributed by atoms with Gasteiger partial charge in [0.05, 0.1) is 22.9 Å². The Morgan fingerprint density at radius 3 is 2.88 bits per heavy atom. The number of pyridine rings is 1. The molecule has 3 aromatic heterocycles. The lowest BCUT2D eigenvalue weighted by Crippen LogP contribution is -2.13. The van der Waals surface area contributed by atoms with Crippen LogP contribution >= 0.6 is 0 Å². The lowest BCUT2D eigenvalue weighted by Gasteiger charge is -2.09. The van der Waals surface area contributed by atoms with Crippen molar-refractivity contribution in [2.45, 2.75) is 13.3 Å². The Bertz CT molecular complexity index is 1150. The molecule has 0 saturated heterocycles. The number of aromatic nitrogens is 4. The first kappa shape index (κ1) is 16.2. The summed E-state index contributed by atoms with van der Waals surface area (Å²) < 4.78 is 27.3. The van der Waals surface area contributed by atoms with Crippen LogP contribution in [0, 0.1) is 6.92 Å². The van der Waals surface area contributed by atoms with Gasteiger partial charge in [0.25, 0.3) is 12.3 Å². The summed E-state index contributed by atoms with van der Waals surface area (Å²) in [6, 6.07) is 6.60. The summed E-state index contributed by atoms with van der Waals surface area (Å²) >= 11 is 0. The van der Waals surface area contributed by atoms with Crippen LogP contribution in [0.4, 0.5) is 14.5 Å². The van der Waals surface area contributed by atoms with Crippen molar-refractivity contribution in [3.63, 3.8) is 0 Å².